The van der Waals surface area contributed by atoms with Gasteiger partial charge in [-0.2, -0.15) is 0 Å². The quantitative estimate of drug-likeness (QED) is 0.719. The smallest absolute Gasteiger partial charge is 0.0597 e. The molecule has 2 aliphatic rings. The monoisotopic (exact) mass is 320 g/mol. The van der Waals surface area contributed by atoms with Crippen molar-refractivity contribution >= 4 is 21.5 Å². The van der Waals surface area contributed by atoms with Gasteiger partial charge in [-0.15, -0.1) is 0 Å². The number of ether oxygens (including phenoxy) is 1. The van der Waals surface area contributed by atoms with Crippen LogP contribution in [0.4, 0.5) is 0 Å². The number of methoxy groups -OCH3 is 1. The molecule has 1 aromatic rings. The Labute approximate surface area is 124 Å². The van der Waals surface area contributed by atoms with Crippen LogP contribution in [0.25, 0.3) is 5.57 Å². The van der Waals surface area contributed by atoms with Gasteiger partial charge in [-0.05, 0) is 65.8 Å². The molecule has 0 radical (unpaired) electrons. The predicted octanol–water partition coefficient (Wildman–Crippen LogP) is 4.84. The molecule has 1 spiro atoms. The van der Waals surface area contributed by atoms with Crippen LogP contribution in [0.1, 0.15) is 37.3 Å². The van der Waals surface area contributed by atoms with Crippen LogP contribution in [0.5, 0.6) is 0 Å². The molecule has 1 fully saturated rings. The van der Waals surface area contributed by atoms with Gasteiger partial charge in [0.05, 0.1) is 6.10 Å². The molecule has 19 heavy (non-hydrogen) atoms. The molecule has 3 atom stereocenters. The third-order valence-corrected chi connectivity index (χ3v) is 5.62. The number of allylic oxidation sites excluding steroid dienone is 1. The number of hydrogen-bond donors (Lipinski definition) is 0. The second-order valence-corrected chi connectivity index (χ2v) is 7.15. The number of halogens is 1. The summed E-state index contributed by atoms with van der Waals surface area (Å²) in [7, 11) is 1.84. The third-order valence-electron chi connectivity index (χ3n) is 5.12. The van der Waals surface area contributed by atoms with Crippen molar-refractivity contribution in [3.63, 3.8) is 0 Å². The van der Waals surface area contributed by atoms with Gasteiger partial charge >= 0.3 is 0 Å². The first-order valence-electron chi connectivity index (χ1n) is 7.07. The van der Waals surface area contributed by atoms with Crippen LogP contribution in [-0.4, -0.2) is 13.2 Å². The van der Waals surface area contributed by atoms with Gasteiger partial charge in [-0.1, -0.05) is 35.5 Å². The Bertz CT molecular complexity index is 522. The molecular formula is C17H21BrO. The summed E-state index contributed by atoms with van der Waals surface area (Å²) in [4.78, 5) is 0. The van der Waals surface area contributed by atoms with Crippen molar-refractivity contribution in [2.45, 2.75) is 38.7 Å². The van der Waals surface area contributed by atoms with Crippen LogP contribution in [-0.2, 0) is 11.2 Å². The zero-order valence-corrected chi connectivity index (χ0v) is 13.3. The van der Waals surface area contributed by atoms with Gasteiger partial charge < -0.3 is 4.74 Å². The zero-order chi connectivity index (χ0) is 13.6. The molecule has 0 aliphatic heterocycles. The lowest BCUT2D eigenvalue weighted by molar-refractivity contribution is 0.00273. The van der Waals surface area contributed by atoms with E-state index in [0.717, 1.165) is 17.3 Å². The number of hydrogen-bond acceptors (Lipinski definition) is 1. The van der Waals surface area contributed by atoms with Gasteiger partial charge in [0.1, 0.15) is 0 Å². The number of rotatable bonds is 1. The summed E-state index contributed by atoms with van der Waals surface area (Å²) in [6, 6.07) is 6.64. The molecule has 0 bridgehead atoms. The standard InChI is InChI=1S/C17H21BrO/c1-11-9-17(7-6-16(11)19-3)10-13-4-5-14(18)8-15(13)12(17)2/h4-5,8,11,16H,2,6-7,9-10H2,1,3H3/t11-,16-,17-/m1/s1. The van der Waals surface area contributed by atoms with Crippen LogP contribution in [0.3, 0.4) is 0 Å². The Kier molecular flexibility index (Phi) is 3.34. The highest BCUT2D eigenvalue weighted by Gasteiger charge is 2.45. The van der Waals surface area contributed by atoms with E-state index < -0.39 is 0 Å². The molecule has 0 unspecified atom stereocenters. The van der Waals surface area contributed by atoms with E-state index in [4.69, 9.17) is 4.74 Å². The number of benzene rings is 1. The second kappa shape index (κ2) is 4.75. The topological polar surface area (TPSA) is 9.23 Å². The maximum atomic E-state index is 5.60. The minimum atomic E-state index is 0.289. The summed E-state index contributed by atoms with van der Waals surface area (Å²) in [6.07, 6.45) is 5.16. The Balaban J connectivity index is 1.91. The normalized spacial score (nSPS) is 33.7. The van der Waals surface area contributed by atoms with Gasteiger partial charge in [-0.3, -0.25) is 0 Å². The molecule has 1 aromatic carbocycles. The summed E-state index contributed by atoms with van der Waals surface area (Å²) < 4.78 is 6.76. The van der Waals surface area contributed by atoms with Crippen molar-refractivity contribution in [1.82, 2.24) is 0 Å². The minimum Gasteiger partial charge on any atom is -0.381 e. The maximum absolute atomic E-state index is 5.60. The van der Waals surface area contributed by atoms with Gasteiger partial charge in [0.15, 0.2) is 0 Å². The summed E-state index contributed by atoms with van der Waals surface area (Å²) in [5, 5.41) is 0. The predicted molar refractivity (Wildman–Crippen MR) is 83.1 cm³/mol. The van der Waals surface area contributed by atoms with Crippen molar-refractivity contribution in [1.29, 1.82) is 0 Å². The van der Waals surface area contributed by atoms with Crippen molar-refractivity contribution in [2.24, 2.45) is 11.3 Å². The third kappa shape index (κ3) is 2.09. The van der Waals surface area contributed by atoms with Crippen LogP contribution in [0, 0.1) is 11.3 Å². The Morgan fingerprint density at radius 3 is 2.89 bits per heavy atom. The van der Waals surface area contributed by atoms with Gasteiger partial charge in [0, 0.05) is 11.6 Å². The van der Waals surface area contributed by atoms with E-state index in [-0.39, 0.29) is 5.41 Å². The van der Waals surface area contributed by atoms with Crippen LogP contribution in [0.15, 0.2) is 29.3 Å². The van der Waals surface area contributed by atoms with Crippen LogP contribution >= 0.6 is 15.9 Å². The van der Waals surface area contributed by atoms with E-state index in [1.54, 1.807) is 0 Å². The zero-order valence-electron chi connectivity index (χ0n) is 11.7. The van der Waals surface area contributed by atoms with E-state index in [1.807, 2.05) is 7.11 Å². The highest BCUT2D eigenvalue weighted by atomic mass is 79.9. The first-order chi connectivity index (χ1) is 9.05. The fourth-order valence-corrected chi connectivity index (χ4v) is 4.44. The highest BCUT2D eigenvalue weighted by molar-refractivity contribution is 9.10. The molecule has 1 nitrogen and oxygen atoms in total. The molecule has 2 heteroatoms. The fourth-order valence-electron chi connectivity index (χ4n) is 4.08. The first kappa shape index (κ1) is 13.4. The van der Waals surface area contributed by atoms with Crippen molar-refractivity contribution in [3.8, 4) is 0 Å². The largest absolute Gasteiger partial charge is 0.381 e. The van der Waals surface area contributed by atoms with E-state index >= 15 is 0 Å². The summed E-state index contributed by atoms with van der Waals surface area (Å²) in [5.74, 6) is 0.619. The van der Waals surface area contributed by atoms with Gasteiger partial charge in [-0.25, -0.2) is 0 Å². The van der Waals surface area contributed by atoms with Crippen molar-refractivity contribution in [3.05, 3.63) is 40.4 Å². The Morgan fingerprint density at radius 1 is 1.42 bits per heavy atom. The maximum Gasteiger partial charge on any atom is 0.0597 e. The second-order valence-electron chi connectivity index (χ2n) is 6.23. The van der Waals surface area contributed by atoms with Gasteiger partial charge in [0.25, 0.3) is 0 Å². The summed E-state index contributed by atoms with van der Waals surface area (Å²) >= 11 is 3.58. The minimum absolute atomic E-state index is 0.289. The van der Waals surface area contributed by atoms with Crippen LogP contribution < -0.4 is 0 Å². The first-order valence-corrected chi connectivity index (χ1v) is 7.86. The lowest BCUT2D eigenvalue weighted by atomic mass is 9.65. The summed E-state index contributed by atoms with van der Waals surface area (Å²) in [5.41, 5.74) is 4.48. The van der Waals surface area contributed by atoms with Crippen molar-refractivity contribution in [2.75, 3.05) is 7.11 Å². The number of fused-ring (bicyclic) bond motifs is 1. The van der Waals surface area contributed by atoms with Crippen molar-refractivity contribution < 1.29 is 4.74 Å². The van der Waals surface area contributed by atoms with E-state index in [1.165, 1.54) is 29.5 Å². The SMILES string of the molecule is C=C1c2cc(Br)ccc2C[C@]12CC[C@@H](OC)[C@H](C)C2. The van der Waals surface area contributed by atoms with E-state index in [0.29, 0.717) is 12.0 Å². The fraction of sp³-hybridized carbons (Fsp3) is 0.529. The molecule has 102 valence electrons. The lowest BCUT2D eigenvalue weighted by Crippen LogP contribution is -2.36. The Hall–Kier alpha value is -0.600. The molecule has 3 rings (SSSR count). The molecule has 2 aliphatic carbocycles. The highest BCUT2D eigenvalue weighted by Crippen LogP contribution is 2.55. The molecule has 0 aromatic heterocycles. The molecular weight excluding hydrogens is 300 g/mol. The molecule has 0 N–H and O–H groups in total. The molecule has 1 saturated carbocycles. The van der Waals surface area contributed by atoms with Crippen LogP contribution in [0.2, 0.25) is 0 Å². The molecule has 0 heterocycles. The summed E-state index contributed by atoms with van der Waals surface area (Å²) in [6.45, 7) is 6.76. The van der Waals surface area contributed by atoms with E-state index in [9.17, 15) is 0 Å². The molecule has 0 saturated heterocycles. The molecule has 0 amide bonds. The van der Waals surface area contributed by atoms with Gasteiger partial charge in [0.2, 0.25) is 0 Å². The average molecular weight is 321 g/mol. The average Bonchev–Trinajstić information content (AvgIpc) is 2.64. The van der Waals surface area contributed by atoms with E-state index in [2.05, 4.69) is 47.6 Å². The Morgan fingerprint density at radius 2 is 2.21 bits per heavy atom. The lowest BCUT2D eigenvalue weighted by Gasteiger charge is -2.41.